The fraction of sp³-hybridized carbons (Fsp3) is 0.867. The lowest BCUT2D eigenvalue weighted by Gasteiger charge is -2.39. The molecule has 0 spiro atoms. The molecule has 0 bridgehead atoms. The number of likely N-dealkylation sites (tertiary alicyclic amines) is 1. The third-order valence-corrected chi connectivity index (χ3v) is 4.60. The van der Waals surface area contributed by atoms with Gasteiger partial charge in [-0.15, -0.1) is 12.4 Å². The largest absolute Gasteiger partial charge is 0.342 e. The standard InChI is InChI=1S/C15H27N3O2.ClH/c1-12(19)17-15(7-4-3-5-8-15)14(20)18-9-6-13(11-18)10-16-2;/h13,16H,3-11H2,1-2H3,(H,17,19);1H. The number of nitrogens with zero attached hydrogens (tertiary/aromatic N) is 1. The van der Waals surface area contributed by atoms with Crippen LogP contribution in [0.5, 0.6) is 0 Å². The maximum atomic E-state index is 12.9. The Hall–Kier alpha value is -0.810. The van der Waals surface area contributed by atoms with Crippen LogP contribution in [0, 0.1) is 5.92 Å². The van der Waals surface area contributed by atoms with E-state index >= 15 is 0 Å². The summed E-state index contributed by atoms with van der Waals surface area (Å²) < 4.78 is 0. The second kappa shape index (κ2) is 7.99. The molecular weight excluding hydrogens is 290 g/mol. The van der Waals surface area contributed by atoms with Crippen molar-refractivity contribution in [2.45, 2.75) is 51.0 Å². The van der Waals surface area contributed by atoms with Gasteiger partial charge in [0.2, 0.25) is 11.8 Å². The smallest absolute Gasteiger partial charge is 0.248 e. The summed E-state index contributed by atoms with van der Waals surface area (Å²) in [5, 5.41) is 6.16. The van der Waals surface area contributed by atoms with Crippen molar-refractivity contribution in [2.75, 3.05) is 26.7 Å². The van der Waals surface area contributed by atoms with E-state index in [9.17, 15) is 9.59 Å². The summed E-state index contributed by atoms with van der Waals surface area (Å²) in [5.41, 5.74) is -0.626. The highest BCUT2D eigenvalue weighted by Crippen LogP contribution is 2.31. The second-order valence-corrected chi connectivity index (χ2v) is 6.29. The van der Waals surface area contributed by atoms with Crippen LogP contribution in [0.1, 0.15) is 45.4 Å². The van der Waals surface area contributed by atoms with Crippen LogP contribution >= 0.6 is 12.4 Å². The first-order valence-corrected chi connectivity index (χ1v) is 7.80. The average Bonchev–Trinajstić information content (AvgIpc) is 2.87. The van der Waals surface area contributed by atoms with Crippen LogP contribution in [0.15, 0.2) is 0 Å². The van der Waals surface area contributed by atoms with E-state index in [2.05, 4.69) is 10.6 Å². The van der Waals surface area contributed by atoms with E-state index in [4.69, 9.17) is 0 Å². The lowest BCUT2D eigenvalue weighted by molar-refractivity contribution is -0.142. The zero-order valence-corrected chi connectivity index (χ0v) is 13.9. The highest BCUT2D eigenvalue weighted by Gasteiger charge is 2.44. The number of carbonyl (C=O) groups is 2. The number of amides is 2. The topological polar surface area (TPSA) is 61.4 Å². The highest BCUT2D eigenvalue weighted by molar-refractivity contribution is 5.91. The van der Waals surface area contributed by atoms with Crippen LogP contribution in [0.25, 0.3) is 0 Å². The molecule has 2 aliphatic rings. The monoisotopic (exact) mass is 317 g/mol. The molecular formula is C15H28ClN3O2. The molecule has 21 heavy (non-hydrogen) atoms. The van der Waals surface area contributed by atoms with Crippen molar-refractivity contribution in [2.24, 2.45) is 5.92 Å². The summed E-state index contributed by atoms with van der Waals surface area (Å²) in [6.45, 7) is 4.11. The van der Waals surface area contributed by atoms with Crippen LogP contribution in [0.3, 0.4) is 0 Å². The van der Waals surface area contributed by atoms with Crippen molar-refractivity contribution >= 4 is 24.2 Å². The van der Waals surface area contributed by atoms with E-state index in [0.717, 1.165) is 58.2 Å². The molecule has 1 aliphatic heterocycles. The van der Waals surface area contributed by atoms with Gasteiger partial charge in [0.1, 0.15) is 5.54 Å². The minimum atomic E-state index is -0.626. The van der Waals surface area contributed by atoms with Crippen LogP contribution in [0.2, 0.25) is 0 Å². The Bertz CT molecular complexity index is 370. The van der Waals surface area contributed by atoms with Gasteiger partial charge >= 0.3 is 0 Å². The van der Waals surface area contributed by atoms with Crippen molar-refractivity contribution in [3.05, 3.63) is 0 Å². The fourth-order valence-electron chi connectivity index (χ4n) is 3.66. The summed E-state index contributed by atoms with van der Waals surface area (Å²) in [6.07, 6.45) is 5.86. The Morgan fingerprint density at radius 1 is 1.24 bits per heavy atom. The lowest BCUT2D eigenvalue weighted by Crippen LogP contribution is -2.59. The Balaban J connectivity index is 0.00000220. The minimum absolute atomic E-state index is 0. The van der Waals surface area contributed by atoms with E-state index in [1.54, 1.807) is 0 Å². The lowest BCUT2D eigenvalue weighted by atomic mass is 9.80. The van der Waals surface area contributed by atoms with Crippen molar-refractivity contribution in [1.29, 1.82) is 0 Å². The third-order valence-electron chi connectivity index (χ3n) is 4.60. The summed E-state index contributed by atoms with van der Waals surface area (Å²) in [4.78, 5) is 26.4. The number of hydrogen-bond donors (Lipinski definition) is 2. The van der Waals surface area contributed by atoms with Gasteiger partial charge in [0.25, 0.3) is 0 Å². The molecule has 1 saturated heterocycles. The van der Waals surface area contributed by atoms with E-state index in [0.29, 0.717) is 5.92 Å². The number of rotatable bonds is 4. The van der Waals surface area contributed by atoms with Gasteiger partial charge in [-0.2, -0.15) is 0 Å². The maximum absolute atomic E-state index is 12.9. The number of nitrogens with one attached hydrogen (secondary N) is 2. The third kappa shape index (κ3) is 4.33. The molecule has 2 N–H and O–H groups in total. The first-order chi connectivity index (χ1) is 9.57. The van der Waals surface area contributed by atoms with Gasteiger partial charge in [-0.1, -0.05) is 19.3 Å². The molecule has 1 aliphatic carbocycles. The van der Waals surface area contributed by atoms with E-state index < -0.39 is 5.54 Å². The molecule has 0 aromatic heterocycles. The quantitative estimate of drug-likeness (QED) is 0.822. The predicted octanol–water partition coefficient (Wildman–Crippen LogP) is 1.32. The summed E-state index contributed by atoms with van der Waals surface area (Å²) in [7, 11) is 1.95. The molecule has 122 valence electrons. The zero-order valence-electron chi connectivity index (χ0n) is 13.1. The van der Waals surface area contributed by atoms with E-state index in [1.807, 2.05) is 11.9 Å². The molecule has 6 heteroatoms. The van der Waals surface area contributed by atoms with Gasteiger partial charge in [-0.05, 0) is 38.8 Å². The van der Waals surface area contributed by atoms with Gasteiger partial charge in [-0.25, -0.2) is 0 Å². The molecule has 1 saturated carbocycles. The van der Waals surface area contributed by atoms with Crippen molar-refractivity contribution < 1.29 is 9.59 Å². The molecule has 5 nitrogen and oxygen atoms in total. The molecule has 2 fully saturated rings. The van der Waals surface area contributed by atoms with Crippen molar-refractivity contribution in [1.82, 2.24) is 15.5 Å². The summed E-state index contributed by atoms with van der Waals surface area (Å²) in [6, 6.07) is 0. The predicted molar refractivity (Wildman–Crippen MR) is 85.5 cm³/mol. The summed E-state index contributed by atoms with van der Waals surface area (Å²) >= 11 is 0. The van der Waals surface area contributed by atoms with Crippen LogP contribution in [0.4, 0.5) is 0 Å². The highest BCUT2D eigenvalue weighted by atomic mass is 35.5. The van der Waals surface area contributed by atoms with Gasteiger partial charge in [0.15, 0.2) is 0 Å². The molecule has 0 aromatic carbocycles. The van der Waals surface area contributed by atoms with Gasteiger partial charge in [-0.3, -0.25) is 9.59 Å². The summed E-state index contributed by atoms with van der Waals surface area (Å²) in [5.74, 6) is 0.596. The fourth-order valence-corrected chi connectivity index (χ4v) is 3.66. The number of halogens is 1. The molecule has 0 radical (unpaired) electrons. The Kier molecular flexibility index (Phi) is 6.94. The molecule has 2 rings (SSSR count). The van der Waals surface area contributed by atoms with Crippen LogP contribution in [-0.2, 0) is 9.59 Å². The van der Waals surface area contributed by atoms with Crippen LogP contribution in [-0.4, -0.2) is 48.9 Å². The Labute approximate surface area is 133 Å². The van der Waals surface area contributed by atoms with Crippen molar-refractivity contribution in [3.63, 3.8) is 0 Å². The first kappa shape index (κ1) is 18.2. The number of hydrogen-bond acceptors (Lipinski definition) is 3. The molecule has 1 atom stereocenters. The minimum Gasteiger partial charge on any atom is -0.342 e. The Morgan fingerprint density at radius 2 is 1.90 bits per heavy atom. The molecule has 2 amide bonds. The van der Waals surface area contributed by atoms with Gasteiger partial charge in [0, 0.05) is 20.0 Å². The van der Waals surface area contributed by atoms with Crippen molar-refractivity contribution in [3.8, 4) is 0 Å². The Morgan fingerprint density at radius 3 is 2.48 bits per heavy atom. The van der Waals surface area contributed by atoms with E-state index in [-0.39, 0.29) is 24.2 Å². The normalized spacial score (nSPS) is 24.3. The zero-order chi connectivity index (χ0) is 14.6. The van der Waals surface area contributed by atoms with E-state index in [1.165, 1.54) is 6.92 Å². The SMILES string of the molecule is CNCC1CCN(C(=O)C2(NC(C)=O)CCCCC2)C1.Cl. The van der Waals surface area contributed by atoms with Crippen LogP contribution < -0.4 is 10.6 Å². The second-order valence-electron chi connectivity index (χ2n) is 6.29. The molecule has 1 heterocycles. The molecule has 0 aromatic rings. The number of carbonyl (C=O) groups excluding carboxylic acids is 2. The maximum Gasteiger partial charge on any atom is 0.248 e. The van der Waals surface area contributed by atoms with Gasteiger partial charge in [0.05, 0.1) is 0 Å². The van der Waals surface area contributed by atoms with Gasteiger partial charge < -0.3 is 15.5 Å². The first-order valence-electron chi connectivity index (χ1n) is 7.80. The molecule has 1 unspecified atom stereocenters. The average molecular weight is 318 g/mol.